The molecule has 6 heteroatoms. The van der Waals surface area contributed by atoms with Crippen molar-refractivity contribution in [3.8, 4) is 0 Å². The van der Waals surface area contributed by atoms with Gasteiger partial charge in [0.15, 0.2) is 0 Å². The van der Waals surface area contributed by atoms with Crippen LogP contribution in [-0.2, 0) is 14.4 Å². The second kappa shape index (κ2) is 7.13. The van der Waals surface area contributed by atoms with E-state index in [-0.39, 0.29) is 37.1 Å². The van der Waals surface area contributed by atoms with Gasteiger partial charge in [0.2, 0.25) is 17.7 Å². The summed E-state index contributed by atoms with van der Waals surface area (Å²) in [5, 5.41) is 0. The van der Waals surface area contributed by atoms with Crippen molar-refractivity contribution < 1.29 is 14.4 Å². The zero-order valence-corrected chi connectivity index (χ0v) is 14.0. The number of hydrogen-bond acceptors (Lipinski definition) is 4. The Kier molecular flexibility index (Phi) is 4.94. The lowest BCUT2D eigenvalue weighted by Gasteiger charge is -2.38. The summed E-state index contributed by atoms with van der Waals surface area (Å²) < 4.78 is 0. The van der Waals surface area contributed by atoms with Gasteiger partial charge in [0, 0.05) is 45.1 Å². The van der Waals surface area contributed by atoms with E-state index >= 15 is 0 Å². The molecular weight excluding hydrogens is 306 g/mol. The summed E-state index contributed by atoms with van der Waals surface area (Å²) >= 11 is 0. The topological polar surface area (TPSA) is 60.9 Å². The van der Waals surface area contributed by atoms with Crippen molar-refractivity contribution in [2.45, 2.75) is 25.8 Å². The molecule has 0 bridgehead atoms. The summed E-state index contributed by atoms with van der Waals surface area (Å²) in [6.07, 6.45) is 0.461. The summed E-state index contributed by atoms with van der Waals surface area (Å²) in [5.41, 5.74) is 1.27. The van der Waals surface area contributed by atoms with Crippen LogP contribution in [0.3, 0.4) is 0 Å². The van der Waals surface area contributed by atoms with Crippen LogP contribution in [0.15, 0.2) is 30.3 Å². The summed E-state index contributed by atoms with van der Waals surface area (Å²) in [6.45, 7) is 4.92. The molecule has 0 N–H and O–H groups in total. The Hall–Kier alpha value is -2.21. The van der Waals surface area contributed by atoms with Gasteiger partial charge >= 0.3 is 0 Å². The molecule has 1 atom stereocenters. The molecule has 2 heterocycles. The van der Waals surface area contributed by atoms with Crippen molar-refractivity contribution in [1.29, 1.82) is 0 Å². The molecule has 3 rings (SSSR count). The Morgan fingerprint density at radius 1 is 1.00 bits per heavy atom. The third kappa shape index (κ3) is 3.48. The minimum atomic E-state index is -0.232. The van der Waals surface area contributed by atoms with Gasteiger partial charge in [0.25, 0.3) is 0 Å². The van der Waals surface area contributed by atoms with E-state index in [1.54, 1.807) is 4.90 Å². The quantitative estimate of drug-likeness (QED) is 0.775. The number of rotatable bonds is 4. The van der Waals surface area contributed by atoms with E-state index in [0.717, 1.165) is 18.0 Å². The van der Waals surface area contributed by atoms with Crippen LogP contribution in [0.5, 0.6) is 0 Å². The fraction of sp³-hybridized carbons (Fsp3) is 0.500. The van der Waals surface area contributed by atoms with Gasteiger partial charge in [-0.3, -0.25) is 24.2 Å². The molecule has 0 spiro atoms. The number of piperazine rings is 1. The van der Waals surface area contributed by atoms with E-state index in [1.807, 2.05) is 18.2 Å². The van der Waals surface area contributed by atoms with E-state index in [1.165, 1.54) is 5.56 Å². The summed E-state index contributed by atoms with van der Waals surface area (Å²) in [4.78, 5) is 40.8. The molecule has 24 heavy (non-hydrogen) atoms. The predicted octanol–water partition coefficient (Wildman–Crippen LogP) is 1.04. The third-order valence-electron chi connectivity index (χ3n) is 4.94. The number of imide groups is 1. The highest BCUT2D eigenvalue weighted by Crippen LogP contribution is 2.21. The van der Waals surface area contributed by atoms with E-state index < -0.39 is 0 Å². The van der Waals surface area contributed by atoms with Gasteiger partial charge in [-0.05, 0) is 12.5 Å². The van der Waals surface area contributed by atoms with Gasteiger partial charge in [-0.1, -0.05) is 30.3 Å². The van der Waals surface area contributed by atoms with E-state index in [9.17, 15) is 14.4 Å². The number of likely N-dealkylation sites (tertiary alicyclic amines) is 1. The van der Waals surface area contributed by atoms with Crippen molar-refractivity contribution >= 4 is 17.7 Å². The largest absolute Gasteiger partial charge is 0.339 e. The molecule has 2 fully saturated rings. The standard InChI is InChI=1S/C18H23N3O3/c1-14(15-5-3-2-4-6-15)19-9-11-20(12-10-19)18(24)13-21-16(22)7-8-17(21)23/h2-6,14H,7-13H2,1H3. The molecule has 2 saturated heterocycles. The van der Waals surface area contributed by atoms with E-state index in [4.69, 9.17) is 0 Å². The zero-order chi connectivity index (χ0) is 17.1. The lowest BCUT2D eigenvalue weighted by atomic mass is 10.1. The molecule has 1 aromatic carbocycles. The zero-order valence-electron chi connectivity index (χ0n) is 14.0. The number of amides is 3. The molecule has 0 radical (unpaired) electrons. The number of benzene rings is 1. The number of hydrogen-bond donors (Lipinski definition) is 0. The van der Waals surface area contributed by atoms with Crippen LogP contribution in [0.1, 0.15) is 31.4 Å². The molecule has 0 aromatic heterocycles. The molecule has 6 nitrogen and oxygen atoms in total. The smallest absolute Gasteiger partial charge is 0.242 e. The normalized spacial score (nSPS) is 20.5. The van der Waals surface area contributed by atoms with E-state index in [2.05, 4.69) is 24.0 Å². The average molecular weight is 329 g/mol. The fourth-order valence-electron chi connectivity index (χ4n) is 3.34. The maximum Gasteiger partial charge on any atom is 0.242 e. The van der Waals surface area contributed by atoms with Crippen molar-refractivity contribution in [3.63, 3.8) is 0 Å². The van der Waals surface area contributed by atoms with Crippen LogP contribution in [0.2, 0.25) is 0 Å². The Labute approximate surface area is 142 Å². The second-order valence-corrected chi connectivity index (χ2v) is 6.38. The number of carbonyl (C=O) groups is 3. The number of nitrogens with zero attached hydrogens (tertiary/aromatic N) is 3. The molecule has 128 valence electrons. The van der Waals surface area contributed by atoms with Crippen LogP contribution < -0.4 is 0 Å². The Morgan fingerprint density at radius 3 is 2.17 bits per heavy atom. The Morgan fingerprint density at radius 2 is 1.58 bits per heavy atom. The molecule has 2 aliphatic rings. The van der Waals surface area contributed by atoms with Crippen molar-refractivity contribution in [2.75, 3.05) is 32.7 Å². The van der Waals surface area contributed by atoms with Crippen LogP contribution in [0.4, 0.5) is 0 Å². The summed E-state index contributed by atoms with van der Waals surface area (Å²) in [6, 6.07) is 10.6. The van der Waals surface area contributed by atoms with Gasteiger partial charge in [-0.15, -0.1) is 0 Å². The maximum absolute atomic E-state index is 12.4. The molecule has 1 unspecified atom stereocenters. The minimum Gasteiger partial charge on any atom is -0.339 e. The van der Waals surface area contributed by atoms with E-state index in [0.29, 0.717) is 19.1 Å². The Bertz CT molecular complexity index is 608. The first kappa shape index (κ1) is 16.6. The van der Waals surface area contributed by atoms with Crippen LogP contribution in [-0.4, -0.2) is 65.1 Å². The molecule has 0 aliphatic carbocycles. The molecular formula is C18H23N3O3. The number of carbonyl (C=O) groups excluding carboxylic acids is 3. The lowest BCUT2D eigenvalue weighted by molar-refractivity contribution is -0.146. The van der Waals surface area contributed by atoms with Crippen molar-refractivity contribution in [1.82, 2.24) is 14.7 Å². The van der Waals surface area contributed by atoms with Crippen molar-refractivity contribution in [2.24, 2.45) is 0 Å². The lowest BCUT2D eigenvalue weighted by Crippen LogP contribution is -2.52. The minimum absolute atomic E-state index is 0.105. The Balaban J connectivity index is 1.52. The highest BCUT2D eigenvalue weighted by atomic mass is 16.2. The third-order valence-corrected chi connectivity index (χ3v) is 4.94. The van der Waals surface area contributed by atoms with Crippen LogP contribution >= 0.6 is 0 Å². The fourth-order valence-corrected chi connectivity index (χ4v) is 3.34. The van der Waals surface area contributed by atoms with Crippen LogP contribution in [0, 0.1) is 0 Å². The van der Waals surface area contributed by atoms with Gasteiger partial charge in [-0.2, -0.15) is 0 Å². The first-order valence-electron chi connectivity index (χ1n) is 8.46. The maximum atomic E-state index is 12.4. The molecule has 0 saturated carbocycles. The van der Waals surface area contributed by atoms with Gasteiger partial charge in [-0.25, -0.2) is 0 Å². The molecule has 3 amide bonds. The monoisotopic (exact) mass is 329 g/mol. The average Bonchev–Trinajstić information content (AvgIpc) is 2.94. The summed E-state index contributed by atoms with van der Waals surface area (Å²) in [5.74, 6) is -0.597. The van der Waals surface area contributed by atoms with Gasteiger partial charge in [0.1, 0.15) is 6.54 Å². The summed E-state index contributed by atoms with van der Waals surface area (Å²) in [7, 11) is 0. The first-order valence-corrected chi connectivity index (χ1v) is 8.46. The molecule has 1 aromatic rings. The molecule has 2 aliphatic heterocycles. The highest BCUT2D eigenvalue weighted by Gasteiger charge is 2.33. The van der Waals surface area contributed by atoms with Gasteiger partial charge in [0.05, 0.1) is 0 Å². The first-order chi connectivity index (χ1) is 11.6. The van der Waals surface area contributed by atoms with Gasteiger partial charge < -0.3 is 4.90 Å². The SMILES string of the molecule is CC(c1ccccc1)N1CCN(C(=O)CN2C(=O)CCC2=O)CC1. The predicted molar refractivity (Wildman–Crippen MR) is 89.0 cm³/mol. The van der Waals surface area contributed by atoms with Crippen LogP contribution in [0.25, 0.3) is 0 Å². The second-order valence-electron chi connectivity index (χ2n) is 6.38. The van der Waals surface area contributed by atoms with Crippen molar-refractivity contribution in [3.05, 3.63) is 35.9 Å². The highest BCUT2D eigenvalue weighted by molar-refractivity contribution is 6.04.